The zero-order valence-corrected chi connectivity index (χ0v) is 18.8. The number of carbonyl (C=O) groups excluding carboxylic acids is 1. The van der Waals surface area contributed by atoms with Crippen molar-refractivity contribution in [1.29, 1.82) is 0 Å². The van der Waals surface area contributed by atoms with Crippen LogP contribution in [0.4, 0.5) is 25.7 Å². The Bertz CT molecular complexity index is 1420. The standard InChI is InChI=1S/C22H19FN4O3S2/c1-13-3-8-17(9-4-13)32(29,30)27-22-26-19-10-7-16(12-20(19)31-22)25-21(28)24-15-6-5-14(2)18(23)11-15/h3-12H,1-2H3,(H,26,27)(H2,24,25,28). The number of rotatable bonds is 5. The molecule has 1 aromatic heterocycles. The second-order valence-corrected chi connectivity index (χ2v) is 9.88. The van der Waals surface area contributed by atoms with Gasteiger partial charge >= 0.3 is 6.03 Å². The summed E-state index contributed by atoms with van der Waals surface area (Å²) in [6.07, 6.45) is 0. The topological polar surface area (TPSA) is 100 Å². The summed E-state index contributed by atoms with van der Waals surface area (Å²) < 4.78 is 42.0. The molecule has 0 saturated heterocycles. The number of fused-ring (bicyclic) bond motifs is 1. The summed E-state index contributed by atoms with van der Waals surface area (Å²) in [4.78, 5) is 16.7. The van der Waals surface area contributed by atoms with Gasteiger partial charge in [0.05, 0.1) is 15.1 Å². The number of aromatic nitrogens is 1. The van der Waals surface area contributed by atoms with E-state index in [1.54, 1.807) is 49.4 Å². The third kappa shape index (κ3) is 4.87. The lowest BCUT2D eigenvalue weighted by molar-refractivity contribution is 0.262. The summed E-state index contributed by atoms with van der Waals surface area (Å²) in [5.74, 6) is -0.408. The number of nitrogens with zero attached hydrogens (tertiary/aromatic N) is 1. The second kappa shape index (κ2) is 8.56. The van der Waals surface area contributed by atoms with Crippen molar-refractivity contribution in [2.24, 2.45) is 0 Å². The molecule has 4 rings (SSSR count). The maximum Gasteiger partial charge on any atom is 0.323 e. The summed E-state index contributed by atoms with van der Waals surface area (Å²) in [5, 5.41) is 5.46. The maximum atomic E-state index is 13.7. The molecule has 0 spiro atoms. The fourth-order valence-electron chi connectivity index (χ4n) is 2.90. The van der Waals surface area contributed by atoms with Crippen LogP contribution in [-0.4, -0.2) is 19.4 Å². The van der Waals surface area contributed by atoms with Crippen molar-refractivity contribution in [3.05, 3.63) is 77.6 Å². The number of benzene rings is 3. The Balaban J connectivity index is 1.48. The Morgan fingerprint density at radius 1 is 0.938 bits per heavy atom. The number of aryl methyl sites for hydroxylation is 2. The quantitative estimate of drug-likeness (QED) is 0.359. The van der Waals surface area contributed by atoms with Crippen LogP contribution in [0.25, 0.3) is 10.2 Å². The Labute approximate surface area is 188 Å². The monoisotopic (exact) mass is 470 g/mol. The fourth-order valence-corrected chi connectivity index (χ4v) is 5.04. The van der Waals surface area contributed by atoms with Crippen molar-refractivity contribution in [1.82, 2.24) is 4.98 Å². The lowest BCUT2D eigenvalue weighted by Crippen LogP contribution is -2.19. The number of hydrogen-bond donors (Lipinski definition) is 3. The normalized spacial score (nSPS) is 11.3. The van der Waals surface area contributed by atoms with Gasteiger partial charge in [-0.15, -0.1) is 0 Å². The SMILES string of the molecule is Cc1ccc(S(=O)(=O)Nc2nc3ccc(NC(=O)Nc4ccc(C)c(F)c4)cc3s2)cc1. The number of amides is 2. The zero-order chi connectivity index (χ0) is 22.9. The number of sulfonamides is 1. The van der Waals surface area contributed by atoms with Gasteiger partial charge in [0, 0.05) is 11.4 Å². The molecule has 0 bridgehead atoms. The molecule has 0 fully saturated rings. The minimum Gasteiger partial charge on any atom is -0.308 e. The summed E-state index contributed by atoms with van der Waals surface area (Å²) in [6.45, 7) is 3.51. The Morgan fingerprint density at radius 2 is 1.59 bits per heavy atom. The van der Waals surface area contributed by atoms with Gasteiger partial charge in [0.15, 0.2) is 5.13 Å². The maximum absolute atomic E-state index is 13.7. The van der Waals surface area contributed by atoms with Crippen molar-refractivity contribution >= 4 is 54.1 Å². The van der Waals surface area contributed by atoms with E-state index in [1.165, 1.54) is 18.2 Å². The summed E-state index contributed by atoms with van der Waals surface area (Å²) in [5.41, 5.74) is 2.85. The van der Waals surface area contributed by atoms with Gasteiger partial charge in [0.1, 0.15) is 5.82 Å². The van der Waals surface area contributed by atoms with Crippen molar-refractivity contribution < 1.29 is 17.6 Å². The van der Waals surface area contributed by atoms with Crippen LogP contribution in [-0.2, 0) is 10.0 Å². The van der Waals surface area contributed by atoms with E-state index in [2.05, 4.69) is 20.3 Å². The van der Waals surface area contributed by atoms with Gasteiger partial charge in [-0.25, -0.2) is 22.6 Å². The molecular formula is C22H19FN4O3S2. The molecule has 2 amide bonds. The first-order valence-electron chi connectivity index (χ1n) is 9.54. The number of nitrogens with one attached hydrogen (secondary N) is 3. The Kier molecular flexibility index (Phi) is 5.81. The summed E-state index contributed by atoms with van der Waals surface area (Å²) in [6, 6.07) is 15.4. The molecule has 4 aromatic rings. The lowest BCUT2D eigenvalue weighted by atomic mass is 10.2. The molecule has 10 heteroatoms. The number of halogens is 1. The van der Waals surface area contributed by atoms with Crippen LogP contribution in [0.1, 0.15) is 11.1 Å². The highest BCUT2D eigenvalue weighted by Gasteiger charge is 2.17. The van der Waals surface area contributed by atoms with Gasteiger partial charge < -0.3 is 10.6 Å². The van der Waals surface area contributed by atoms with Crippen molar-refractivity contribution in [3.63, 3.8) is 0 Å². The van der Waals surface area contributed by atoms with Crippen molar-refractivity contribution in [3.8, 4) is 0 Å². The van der Waals surface area contributed by atoms with Gasteiger partial charge in [-0.1, -0.05) is 35.1 Å². The fraction of sp³-hybridized carbons (Fsp3) is 0.0909. The third-order valence-corrected chi connectivity index (χ3v) is 7.05. The van der Waals surface area contributed by atoms with Crippen molar-refractivity contribution in [2.45, 2.75) is 18.7 Å². The van der Waals surface area contributed by atoms with E-state index in [0.717, 1.165) is 16.9 Å². The van der Waals surface area contributed by atoms with Gasteiger partial charge in [0.2, 0.25) is 0 Å². The van der Waals surface area contributed by atoms with E-state index in [0.29, 0.717) is 27.2 Å². The molecule has 0 aliphatic carbocycles. The van der Waals surface area contributed by atoms with Gasteiger partial charge in [0.25, 0.3) is 10.0 Å². The molecular weight excluding hydrogens is 451 g/mol. The predicted molar refractivity (Wildman–Crippen MR) is 125 cm³/mol. The Hall–Kier alpha value is -3.50. The molecule has 0 radical (unpaired) electrons. The zero-order valence-electron chi connectivity index (χ0n) is 17.1. The van der Waals surface area contributed by atoms with Crippen LogP contribution >= 0.6 is 11.3 Å². The minimum absolute atomic E-state index is 0.147. The number of hydrogen-bond acceptors (Lipinski definition) is 5. The first-order valence-corrected chi connectivity index (χ1v) is 11.8. The molecule has 0 unspecified atom stereocenters. The number of thiazole rings is 1. The van der Waals surface area contributed by atoms with Gasteiger partial charge in [-0.3, -0.25) is 4.72 Å². The van der Waals surface area contributed by atoms with E-state index in [9.17, 15) is 17.6 Å². The molecule has 0 atom stereocenters. The number of carbonyl (C=O) groups is 1. The average molecular weight is 471 g/mol. The molecule has 0 saturated carbocycles. The predicted octanol–water partition coefficient (Wildman–Crippen LogP) is 5.50. The molecule has 164 valence electrons. The first-order chi connectivity index (χ1) is 15.2. The average Bonchev–Trinajstić information content (AvgIpc) is 3.11. The third-order valence-electron chi connectivity index (χ3n) is 4.63. The van der Waals surface area contributed by atoms with E-state index in [-0.39, 0.29) is 10.0 Å². The molecule has 3 N–H and O–H groups in total. The second-order valence-electron chi connectivity index (χ2n) is 7.16. The number of anilines is 3. The van der Waals surface area contributed by atoms with Crippen LogP contribution in [0.5, 0.6) is 0 Å². The van der Waals surface area contributed by atoms with Crippen LogP contribution in [0, 0.1) is 19.7 Å². The highest BCUT2D eigenvalue weighted by Crippen LogP contribution is 2.30. The lowest BCUT2D eigenvalue weighted by Gasteiger charge is -2.08. The number of urea groups is 1. The van der Waals surface area contributed by atoms with Crippen LogP contribution in [0.15, 0.2) is 65.6 Å². The van der Waals surface area contributed by atoms with Gasteiger partial charge in [-0.2, -0.15) is 0 Å². The van der Waals surface area contributed by atoms with Crippen LogP contribution in [0.2, 0.25) is 0 Å². The van der Waals surface area contributed by atoms with E-state index < -0.39 is 21.9 Å². The van der Waals surface area contributed by atoms with Crippen LogP contribution < -0.4 is 15.4 Å². The highest BCUT2D eigenvalue weighted by atomic mass is 32.2. The smallest absolute Gasteiger partial charge is 0.308 e. The van der Waals surface area contributed by atoms with Crippen molar-refractivity contribution in [2.75, 3.05) is 15.4 Å². The minimum atomic E-state index is -3.76. The van der Waals surface area contributed by atoms with Crippen LogP contribution in [0.3, 0.4) is 0 Å². The largest absolute Gasteiger partial charge is 0.323 e. The molecule has 0 aliphatic rings. The first kappa shape index (κ1) is 21.7. The molecule has 1 heterocycles. The molecule has 0 aliphatic heterocycles. The van der Waals surface area contributed by atoms with Gasteiger partial charge in [-0.05, 0) is 61.9 Å². The highest BCUT2D eigenvalue weighted by molar-refractivity contribution is 7.93. The van der Waals surface area contributed by atoms with E-state index >= 15 is 0 Å². The Morgan fingerprint density at radius 3 is 2.28 bits per heavy atom. The summed E-state index contributed by atoms with van der Waals surface area (Å²) >= 11 is 1.15. The summed E-state index contributed by atoms with van der Waals surface area (Å²) in [7, 11) is -3.76. The molecule has 3 aromatic carbocycles. The van der Waals surface area contributed by atoms with E-state index in [1.807, 2.05) is 6.92 Å². The van der Waals surface area contributed by atoms with E-state index in [4.69, 9.17) is 0 Å². The molecule has 32 heavy (non-hydrogen) atoms. The molecule has 7 nitrogen and oxygen atoms in total.